The molecule has 12 heteroatoms. The molecule has 2 heterocycles. The molecule has 3 aromatic rings. The van der Waals surface area contributed by atoms with Gasteiger partial charge in [-0.3, -0.25) is 19.0 Å². The van der Waals surface area contributed by atoms with Crippen LogP contribution in [0.3, 0.4) is 0 Å². The highest BCUT2D eigenvalue weighted by atomic mass is 35.5. The van der Waals surface area contributed by atoms with Crippen LogP contribution in [0.4, 0.5) is 5.69 Å². The fraction of sp³-hybridized carbons (Fsp3) is 0.345. The first kappa shape index (κ1) is 30.4. The van der Waals surface area contributed by atoms with Crippen LogP contribution >= 0.6 is 11.6 Å². The van der Waals surface area contributed by atoms with Crippen molar-refractivity contribution in [2.24, 2.45) is 0 Å². The summed E-state index contributed by atoms with van der Waals surface area (Å²) in [5, 5.41) is 6.39. The molecule has 1 aliphatic heterocycles. The Morgan fingerprint density at radius 1 is 1.00 bits per heavy atom. The van der Waals surface area contributed by atoms with E-state index in [1.54, 1.807) is 66.9 Å². The topological polar surface area (TPSA) is 121 Å². The third kappa shape index (κ3) is 9.25. The minimum Gasteiger partial charge on any atom is -0.347 e. The first-order valence-electron chi connectivity index (χ1n) is 13.3. The Hall–Kier alpha value is -3.51. The van der Waals surface area contributed by atoms with Crippen molar-refractivity contribution in [1.82, 2.24) is 19.7 Å². The second-order valence-electron chi connectivity index (χ2n) is 10.1. The zero-order valence-electron chi connectivity index (χ0n) is 22.8. The van der Waals surface area contributed by atoms with E-state index in [1.807, 2.05) is 11.9 Å². The van der Waals surface area contributed by atoms with Crippen molar-refractivity contribution in [3.8, 4) is 5.69 Å². The number of rotatable bonds is 11. The van der Waals surface area contributed by atoms with Crippen molar-refractivity contribution < 1.29 is 18.0 Å². The zero-order valence-corrected chi connectivity index (χ0v) is 24.4. The summed E-state index contributed by atoms with van der Waals surface area (Å²) in [4.78, 5) is 42.3. The highest BCUT2D eigenvalue weighted by molar-refractivity contribution is 7.91. The van der Waals surface area contributed by atoms with E-state index in [9.17, 15) is 22.8 Å². The van der Waals surface area contributed by atoms with Crippen molar-refractivity contribution in [2.75, 3.05) is 56.6 Å². The Balaban J connectivity index is 1.40. The van der Waals surface area contributed by atoms with E-state index < -0.39 is 15.9 Å². The first-order valence-corrected chi connectivity index (χ1v) is 15.5. The van der Waals surface area contributed by atoms with Gasteiger partial charge in [0, 0.05) is 73.4 Å². The molecule has 41 heavy (non-hydrogen) atoms. The van der Waals surface area contributed by atoms with E-state index in [4.69, 9.17) is 11.6 Å². The summed E-state index contributed by atoms with van der Waals surface area (Å²) in [6, 6.07) is 17.8. The first-order chi connectivity index (χ1) is 19.6. The second-order valence-corrected chi connectivity index (χ2v) is 12.9. The average Bonchev–Trinajstić information content (AvgIpc) is 2.94. The molecular weight excluding hydrogens is 566 g/mol. The van der Waals surface area contributed by atoms with Crippen molar-refractivity contribution in [1.29, 1.82) is 0 Å². The molecule has 1 saturated heterocycles. The standard InChI is InChI=1S/C29H34ClN5O5S/c1-33(14-15-34-16-18-41(39,40)19-17-34)21-25(20-27(36)31-24-9-7-23(30)8-10-24)32-29(38)22-5-11-26(12-6-22)35-13-3-2-4-28(35)37/h2-13,25H,14-21H2,1H3,(H,31,36)(H,32,38). The number of aromatic nitrogens is 1. The molecule has 10 nitrogen and oxygen atoms in total. The molecule has 1 aliphatic rings. The molecule has 0 saturated carbocycles. The van der Waals surface area contributed by atoms with Gasteiger partial charge in [0.25, 0.3) is 11.5 Å². The third-order valence-corrected chi connectivity index (χ3v) is 8.75. The van der Waals surface area contributed by atoms with Crippen LogP contribution in [0.15, 0.2) is 77.7 Å². The van der Waals surface area contributed by atoms with Crippen LogP contribution in [-0.2, 0) is 14.6 Å². The Bertz CT molecular complexity index is 1500. The number of hydrogen-bond acceptors (Lipinski definition) is 7. The number of amides is 2. The Labute approximate surface area is 244 Å². The normalized spacial score (nSPS) is 15.8. The Morgan fingerprint density at radius 2 is 1.68 bits per heavy atom. The lowest BCUT2D eigenvalue weighted by Crippen LogP contribution is -2.47. The number of benzene rings is 2. The summed E-state index contributed by atoms with van der Waals surface area (Å²) < 4.78 is 24.9. The van der Waals surface area contributed by atoms with E-state index in [0.29, 0.717) is 54.7 Å². The minimum absolute atomic E-state index is 0.0398. The third-order valence-electron chi connectivity index (χ3n) is 6.89. The van der Waals surface area contributed by atoms with Gasteiger partial charge in [-0.25, -0.2) is 8.42 Å². The van der Waals surface area contributed by atoms with Gasteiger partial charge in [0.1, 0.15) is 0 Å². The minimum atomic E-state index is -2.95. The molecule has 1 atom stereocenters. The summed E-state index contributed by atoms with van der Waals surface area (Å²) in [7, 11) is -1.04. The van der Waals surface area contributed by atoms with Crippen LogP contribution in [0.5, 0.6) is 0 Å². The van der Waals surface area contributed by atoms with Crippen molar-refractivity contribution in [2.45, 2.75) is 12.5 Å². The molecule has 1 aromatic heterocycles. The van der Waals surface area contributed by atoms with Gasteiger partial charge in [0.2, 0.25) is 5.91 Å². The van der Waals surface area contributed by atoms with E-state index in [-0.39, 0.29) is 35.3 Å². The molecule has 0 spiro atoms. The van der Waals surface area contributed by atoms with Crippen LogP contribution in [0.25, 0.3) is 5.69 Å². The van der Waals surface area contributed by atoms with Gasteiger partial charge in [-0.1, -0.05) is 17.7 Å². The Morgan fingerprint density at radius 3 is 2.34 bits per heavy atom. The molecule has 2 aromatic carbocycles. The van der Waals surface area contributed by atoms with Gasteiger partial charge >= 0.3 is 0 Å². The predicted molar refractivity (Wildman–Crippen MR) is 161 cm³/mol. The molecule has 4 rings (SSSR count). The SMILES string of the molecule is CN(CCN1CCS(=O)(=O)CC1)CC(CC(=O)Nc1ccc(Cl)cc1)NC(=O)c1ccc(-n2ccccc2=O)cc1. The molecule has 0 bridgehead atoms. The molecule has 2 N–H and O–H groups in total. The highest BCUT2D eigenvalue weighted by Crippen LogP contribution is 2.14. The lowest BCUT2D eigenvalue weighted by atomic mass is 10.1. The van der Waals surface area contributed by atoms with Gasteiger partial charge in [-0.05, 0) is 61.6 Å². The van der Waals surface area contributed by atoms with Gasteiger partial charge in [-0.15, -0.1) is 0 Å². The predicted octanol–water partition coefficient (Wildman–Crippen LogP) is 2.28. The largest absolute Gasteiger partial charge is 0.347 e. The molecule has 1 unspecified atom stereocenters. The maximum absolute atomic E-state index is 13.2. The lowest BCUT2D eigenvalue weighted by molar-refractivity contribution is -0.116. The van der Waals surface area contributed by atoms with Gasteiger partial charge in [-0.2, -0.15) is 0 Å². The molecule has 1 fully saturated rings. The number of nitrogens with one attached hydrogen (secondary N) is 2. The molecule has 0 aliphatic carbocycles. The number of likely N-dealkylation sites (N-methyl/N-ethyl adjacent to an activating group) is 1. The fourth-order valence-electron chi connectivity index (χ4n) is 4.57. The molecule has 0 radical (unpaired) electrons. The van der Waals surface area contributed by atoms with Crippen LogP contribution < -0.4 is 16.2 Å². The second kappa shape index (κ2) is 13.9. The van der Waals surface area contributed by atoms with Gasteiger partial charge in [0.05, 0.1) is 17.5 Å². The van der Waals surface area contributed by atoms with Crippen LogP contribution in [0.2, 0.25) is 5.02 Å². The highest BCUT2D eigenvalue weighted by Gasteiger charge is 2.23. The number of carbonyl (C=O) groups is 2. The van der Waals surface area contributed by atoms with Gasteiger partial charge in [0.15, 0.2) is 9.84 Å². The lowest BCUT2D eigenvalue weighted by Gasteiger charge is -2.30. The molecule has 2 amide bonds. The van der Waals surface area contributed by atoms with E-state index in [0.717, 1.165) is 0 Å². The number of hydrogen-bond donors (Lipinski definition) is 2. The van der Waals surface area contributed by atoms with Crippen LogP contribution in [-0.4, -0.2) is 91.9 Å². The van der Waals surface area contributed by atoms with E-state index in [2.05, 4.69) is 15.5 Å². The maximum atomic E-state index is 13.2. The Kier molecular flexibility index (Phi) is 10.3. The fourth-order valence-corrected chi connectivity index (χ4v) is 5.97. The number of anilines is 1. The van der Waals surface area contributed by atoms with Crippen LogP contribution in [0, 0.1) is 0 Å². The van der Waals surface area contributed by atoms with Crippen LogP contribution in [0.1, 0.15) is 16.8 Å². The quantitative estimate of drug-likeness (QED) is 0.347. The van der Waals surface area contributed by atoms with E-state index >= 15 is 0 Å². The maximum Gasteiger partial charge on any atom is 0.255 e. The summed E-state index contributed by atoms with van der Waals surface area (Å²) in [6.45, 7) is 2.75. The van der Waals surface area contributed by atoms with Crippen molar-refractivity contribution in [3.63, 3.8) is 0 Å². The number of sulfone groups is 1. The number of halogens is 1. The van der Waals surface area contributed by atoms with Crippen molar-refractivity contribution >= 4 is 38.9 Å². The van der Waals surface area contributed by atoms with Crippen molar-refractivity contribution in [3.05, 3.63) is 93.9 Å². The monoisotopic (exact) mass is 599 g/mol. The summed E-state index contributed by atoms with van der Waals surface area (Å²) in [5.74, 6) is -0.266. The summed E-state index contributed by atoms with van der Waals surface area (Å²) in [5.41, 5.74) is 1.46. The summed E-state index contributed by atoms with van der Waals surface area (Å²) >= 11 is 5.94. The number of carbonyl (C=O) groups excluding carboxylic acids is 2. The average molecular weight is 600 g/mol. The smallest absolute Gasteiger partial charge is 0.255 e. The summed E-state index contributed by atoms with van der Waals surface area (Å²) in [6.07, 6.45) is 1.70. The van der Waals surface area contributed by atoms with Gasteiger partial charge < -0.3 is 20.4 Å². The molecule has 218 valence electrons. The zero-order chi connectivity index (χ0) is 29.4. The molecular formula is C29H34ClN5O5S. The number of nitrogens with zero attached hydrogens (tertiary/aromatic N) is 3. The van der Waals surface area contributed by atoms with E-state index in [1.165, 1.54) is 10.6 Å². The number of pyridine rings is 1.